The lowest BCUT2D eigenvalue weighted by molar-refractivity contribution is -0.119. The average molecular weight is 698 g/mol. The maximum atomic E-state index is 13.6. The number of halogens is 4. The van der Waals surface area contributed by atoms with Crippen LogP contribution < -0.4 is 14.8 Å². The molecule has 4 heterocycles. The highest BCUT2D eigenvalue weighted by Crippen LogP contribution is 2.42. The van der Waals surface area contributed by atoms with Crippen LogP contribution in [0.5, 0.6) is 11.8 Å². The number of aryl methyl sites for hydroxylation is 1. The SMILES string of the molecule is COc1nc(-c2cccc(-c3cccc(-c4cnc(CN5CCC(F)(F)CC5)c(OC)n4)c3Cl)c2Cl)cnc1CCC[C@@H]1CCC(=O)N1. The van der Waals surface area contributed by atoms with Crippen LogP contribution in [0.4, 0.5) is 8.78 Å². The number of likely N-dealkylation sites (tertiary alicyclic amines) is 1. The number of hydrogen-bond acceptors (Lipinski definition) is 8. The molecule has 9 nitrogen and oxygen atoms in total. The average Bonchev–Trinajstić information content (AvgIpc) is 3.51. The van der Waals surface area contributed by atoms with E-state index in [9.17, 15) is 13.6 Å². The van der Waals surface area contributed by atoms with Crippen molar-refractivity contribution in [3.63, 3.8) is 0 Å². The number of methoxy groups -OCH3 is 2. The Morgan fingerprint density at radius 1 is 0.875 bits per heavy atom. The van der Waals surface area contributed by atoms with Crippen LogP contribution in [0, 0.1) is 0 Å². The second-order valence-electron chi connectivity index (χ2n) is 12.1. The second-order valence-corrected chi connectivity index (χ2v) is 12.8. The molecule has 4 aromatic rings. The molecule has 0 radical (unpaired) electrons. The van der Waals surface area contributed by atoms with Gasteiger partial charge in [0.2, 0.25) is 17.7 Å². The molecule has 0 saturated carbocycles. The van der Waals surface area contributed by atoms with Crippen LogP contribution in [0.15, 0.2) is 48.8 Å². The van der Waals surface area contributed by atoms with Crippen LogP contribution in [-0.4, -0.2) is 70.0 Å². The summed E-state index contributed by atoms with van der Waals surface area (Å²) in [6.07, 6.45) is 6.79. The highest BCUT2D eigenvalue weighted by Gasteiger charge is 2.34. The number of carbonyl (C=O) groups excluding carboxylic acids is 1. The molecule has 2 saturated heterocycles. The van der Waals surface area contributed by atoms with Crippen LogP contribution in [0.25, 0.3) is 33.6 Å². The number of piperidine rings is 1. The molecule has 252 valence electrons. The number of nitrogens with one attached hydrogen (secondary N) is 1. The molecule has 0 bridgehead atoms. The van der Waals surface area contributed by atoms with Gasteiger partial charge in [0.25, 0.3) is 5.92 Å². The maximum absolute atomic E-state index is 13.6. The van der Waals surface area contributed by atoms with Gasteiger partial charge in [-0.25, -0.2) is 18.7 Å². The van der Waals surface area contributed by atoms with E-state index in [0.717, 1.165) is 25.0 Å². The first kappa shape index (κ1) is 34.0. The third-order valence-electron chi connectivity index (χ3n) is 8.86. The number of ether oxygens (including phenoxy) is 2. The molecular formula is C35H36Cl2F2N6O3. The number of aromatic nitrogens is 4. The van der Waals surface area contributed by atoms with Crippen LogP contribution in [0.2, 0.25) is 10.0 Å². The van der Waals surface area contributed by atoms with Gasteiger partial charge in [-0.15, -0.1) is 0 Å². The molecule has 2 aliphatic heterocycles. The summed E-state index contributed by atoms with van der Waals surface area (Å²) in [5.74, 6) is -1.77. The van der Waals surface area contributed by atoms with Gasteiger partial charge in [0.1, 0.15) is 11.4 Å². The Hall–Kier alpha value is -3.93. The minimum absolute atomic E-state index is 0.111. The van der Waals surface area contributed by atoms with Crippen molar-refractivity contribution in [2.75, 3.05) is 27.3 Å². The summed E-state index contributed by atoms with van der Waals surface area (Å²) in [4.78, 5) is 32.1. The van der Waals surface area contributed by atoms with Crippen molar-refractivity contribution in [1.29, 1.82) is 0 Å². The topological polar surface area (TPSA) is 102 Å². The Morgan fingerprint density at radius 3 is 1.96 bits per heavy atom. The number of amides is 1. The summed E-state index contributed by atoms with van der Waals surface area (Å²) in [5, 5.41) is 3.88. The molecule has 0 unspecified atom stereocenters. The van der Waals surface area contributed by atoms with E-state index in [1.54, 1.807) is 19.5 Å². The van der Waals surface area contributed by atoms with Crippen LogP contribution in [0.1, 0.15) is 49.9 Å². The Morgan fingerprint density at radius 2 is 1.42 bits per heavy atom. The molecule has 1 N–H and O–H groups in total. The Bertz CT molecular complexity index is 1800. The molecule has 2 aromatic carbocycles. The second kappa shape index (κ2) is 14.7. The quantitative estimate of drug-likeness (QED) is 0.173. The molecular weight excluding hydrogens is 661 g/mol. The van der Waals surface area contributed by atoms with Crippen molar-refractivity contribution in [2.45, 2.75) is 63.5 Å². The van der Waals surface area contributed by atoms with Crippen molar-refractivity contribution >= 4 is 29.1 Å². The third-order valence-corrected chi connectivity index (χ3v) is 9.68. The van der Waals surface area contributed by atoms with E-state index in [0.29, 0.717) is 80.5 Å². The summed E-state index contributed by atoms with van der Waals surface area (Å²) in [7, 11) is 3.07. The van der Waals surface area contributed by atoms with E-state index in [-0.39, 0.29) is 37.9 Å². The van der Waals surface area contributed by atoms with Gasteiger partial charge >= 0.3 is 0 Å². The molecule has 13 heteroatoms. The molecule has 1 amide bonds. The predicted molar refractivity (Wildman–Crippen MR) is 181 cm³/mol. The standard InChI is InChI=1S/C35H36Cl2F2N6O3/c1-47-33-26(11-3-6-21-12-13-30(46)42-21)40-18-27(43-33)24-9-4-7-22(31(24)36)23-8-5-10-25(32(23)37)28-19-41-29(34(44-28)48-2)20-45-16-14-35(38,39)15-17-45/h4-5,7-10,18-19,21H,3,6,11-17,20H2,1-2H3,(H,42,46)/t21-/m1/s1. The molecule has 2 aliphatic rings. The summed E-state index contributed by atoms with van der Waals surface area (Å²) in [5.41, 5.74) is 5.06. The monoisotopic (exact) mass is 696 g/mol. The summed E-state index contributed by atoms with van der Waals surface area (Å²) in [6, 6.07) is 11.4. The van der Waals surface area contributed by atoms with E-state index in [4.69, 9.17) is 37.7 Å². The zero-order valence-corrected chi connectivity index (χ0v) is 28.3. The number of nitrogens with zero attached hydrogens (tertiary/aromatic N) is 5. The molecule has 2 aromatic heterocycles. The molecule has 48 heavy (non-hydrogen) atoms. The molecule has 6 rings (SSSR count). The summed E-state index contributed by atoms with van der Waals surface area (Å²) >= 11 is 14.0. The number of benzene rings is 2. The fraction of sp³-hybridized carbons (Fsp3) is 0.400. The first-order chi connectivity index (χ1) is 23.2. The van der Waals surface area contributed by atoms with Crippen LogP contribution >= 0.6 is 23.2 Å². The molecule has 0 aliphatic carbocycles. The summed E-state index contributed by atoms with van der Waals surface area (Å²) in [6.45, 7) is 0.910. The van der Waals surface area contributed by atoms with Gasteiger partial charge in [-0.1, -0.05) is 59.6 Å². The van der Waals surface area contributed by atoms with Gasteiger partial charge < -0.3 is 14.8 Å². The van der Waals surface area contributed by atoms with Crippen molar-refractivity contribution in [1.82, 2.24) is 30.2 Å². The zero-order chi connectivity index (χ0) is 33.8. The first-order valence-corrected chi connectivity index (χ1v) is 16.7. The number of hydrogen-bond donors (Lipinski definition) is 1. The number of carbonyl (C=O) groups is 1. The van der Waals surface area contributed by atoms with E-state index in [2.05, 4.69) is 20.3 Å². The normalized spacial score (nSPS) is 17.7. The van der Waals surface area contributed by atoms with E-state index in [1.807, 2.05) is 41.3 Å². The fourth-order valence-corrected chi connectivity index (χ4v) is 6.85. The largest absolute Gasteiger partial charge is 0.480 e. The van der Waals surface area contributed by atoms with Gasteiger partial charge in [-0.05, 0) is 25.7 Å². The van der Waals surface area contributed by atoms with Gasteiger partial charge in [-0.3, -0.25) is 19.7 Å². The van der Waals surface area contributed by atoms with Crippen molar-refractivity contribution in [2.24, 2.45) is 0 Å². The van der Waals surface area contributed by atoms with Gasteiger partial charge in [0.05, 0.1) is 48.0 Å². The highest BCUT2D eigenvalue weighted by molar-refractivity contribution is 6.39. The fourth-order valence-electron chi connectivity index (χ4n) is 6.20. The molecule has 2 fully saturated rings. The minimum atomic E-state index is -2.62. The van der Waals surface area contributed by atoms with E-state index < -0.39 is 5.92 Å². The van der Waals surface area contributed by atoms with Gasteiger partial charge in [0.15, 0.2) is 0 Å². The molecule has 1 atom stereocenters. The summed E-state index contributed by atoms with van der Waals surface area (Å²) < 4.78 is 38.4. The smallest absolute Gasteiger partial charge is 0.250 e. The molecule has 0 spiro atoms. The van der Waals surface area contributed by atoms with Crippen molar-refractivity contribution in [3.8, 4) is 45.4 Å². The van der Waals surface area contributed by atoms with Crippen molar-refractivity contribution < 1.29 is 23.0 Å². The van der Waals surface area contributed by atoms with Gasteiger partial charge in [-0.2, -0.15) is 0 Å². The van der Waals surface area contributed by atoms with E-state index >= 15 is 0 Å². The third kappa shape index (κ3) is 7.53. The Balaban J connectivity index is 1.23. The van der Waals surface area contributed by atoms with E-state index in [1.165, 1.54) is 7.11 Å². The first-order valence-electron chi connectivity index (χ1n) is 15.9. The lowest BCUT2D eigenvalue weighted by Crippen LogP contribution is -2.39. The maximum Gasteiger partial charge on any atom is 0.250 e. The Kier molecular flexibility index (Phi) is 10.4. The lowest BCUT2D eigenvalue weighted by Gasteiger charge is -2.31. The lowest BCUT2D eigenvalue weighted by atomic mass is 9.98. The highest BCUT2D eigenvalue weighted by atomic mass is 35.5. The zero-order valence-electron chi connectivity index (χ0n) is 26.7. The van der Waals surface area contributed by atoms with Crippen LogP contribution in [0.3, 0.4) is 0 Å². The van der Waals surface area contributed by atoms with Crippen molar-refractivity contribution in [3.05, 3.63) is 70.2 Å². The predicted octanol–water partition coefficient (Wildman–Crippen LogP) is 7.42. The number of rotatable bonds is 11. The minimum Gasteiger partial charge on any atom is -0.480 e. The Labute approximate surface area is 288 Å². The van der Waals surface area contributed by atoms with Gasteiger partial charge in [0, 0.05) is 67.2 Å². The van der Waals surface area contributed by atoms with Crippen LogP contribution in [-0.2, 0) is 17.8 Å². The number of alkyl halides is 2.